The molecule has 0 saturated carbocycles. The van der Waals surface area contributed by atoms with Crippen molar-refractivity contribution in [1.29, 1.82) is 0 Å². The van der Waals surface area contributed by atoms with E-state index < -0.39 is 34.5 Å². The molecule has 4 aromatic rings. The lowest BCUT2D eigenvalue weighted by Gasteiger charge is -2.13. The van der Waals surface area contributed by atoms with Gasteiger partial charge in [0.1, 0.15) is 11.6 Å². The van der Waals surface area contributed by atoms with Crippen LogP contribution in [-0.4, -0.2) is 33.3 Å². The summed E-state index contributed by atoms with van der Waals surface area (Å²) in [6.07, 6.45) is 1.24. The van der Waals surface area contributed by atoms with Crippen molar-refractivity contribution in [2.75, 3.05) is 11.9 Å². The highest BCUT2D eigenvalue weighted by atomic mass is 79.9. The second-order valence-electron chi connectivity index (χ2n) is 8.45. The Morgan fingerprint density at radius 3 is 2.71 bits per heavy atom. The molecule has 12 heteroatoms. The standard InChI is InChI=1S/C26H21BrFN5O5/c1-15(2)25-31-21-10-9-17(27)11-20(21)26(35)32(25)29-13-16-5-3-8-22(33(36)37)24(16)38-14-23(34)30-19-7-4-6-18(28)12-19/h3-13,15H,14H2,1-2H3,(H,30,34). The molecule has 10 nitrogen and oxygen atoms in total. The summed E-state index contributed by atoms with van der Waals surface area (Å²) in [5, 5.41) is 18.8. The van der Waals surface area contributed by atoms with Crippen LogP contribution in [0.5, 0.6) is 5.75 Å². The smallest absolute Gasteiger partial charge is 0.311 e. The van der Waals surface area contributed by atoms with E-state index >= 15 is 0 Å². The van der Waals surface area contributed by atoms with Crippen LogP contribution in [0.15, 0.2) is 75.0 Å². The Kier molecular flexibility index (Phi) is 7.91. The van der Waals surface area contributed by atoms with Crippen LogP contribution in [-0.2, 0) is 4.79 Å². The first-order chi connectivity index (χ1) is 18.1. The lowest BCUT2D eigenvalue weighted by molar-refractivity contribution is -0.385. The molecule has 0 radical (unpaired) electrons. The average Bonchev–Trinajstić information content (AvgIpc) is 2.87. The summed E-state index contributed by atoms with van der Waals surface area (Å²) in [5.74, 6) is -1.18. The lowest BCUT2D eigenvalue weighted by atomic mass is 10.2. The Bertz CT molecular complexity index is 1640. The van der Waals surface area contributed by atoms with Crippen molar-refractivity contribution in [3.8, 4) is 5.75 Å². The lowest BCUT2D eigenvalue weighted by Crippen LogP contribution is -2.23. The minimum absolute atomic E-state index is 0.161. The largest absolute Gasteiger partial charge is 0.476 e. The molecule has 0 unspecified atom stereocenters. The second kappa shape index (κ2) is 11.3. The van der Waals surface area contributed by atoms with Gasteiger partial charge in [-0.05, 0) is 42.5 Å². The van der Waals surface area contributed by atoms with E-state index in [2.05, 4.69) is 31.3 Å². The first kappa shape index (κ1) is 26.6. The van der Waals surface area contributed by atoms with Crippen LogP contribution in [0.1, 0.15) is 31.2 Å². The Morgan fingerprint density at radius 2 is 2.00 bits per heavy atom. The summed E-state index contributed by atoms with van der Waals surface area (Å²) in [4.78, 5) is 41.2. The number of para-hydroxylation sites is 1. The zero-order valence-electron chi connectivity index (χ0n) is 20.2. The Hall–Kier alpha value is -4.45. The fourth-order valence-corrected chi connectivity index (χ4v) is 3.98. The van der Waals surface area contributed by atoms with Crippen LogP contribution in [0.3, 0.4) is 0 Å². The maximum Gasteiger partial charge on any atom is 0.311 e. The van der Waals surface area contributed by atoms with E-state index in [0.29, 0.717) is 21.2 Å². The van der Waals surface area contributed by atoms with Gasteiger partial charge in [0.15, 0.2) is 6.61 Å². The van der Waals surface area contributed by atoms with Crippen molar-refractivity contribution in [3.63, 3.8) is 0 Å². The molecule has 0 saturated heterocycles. The van der Waals surface area contributed by atoms with Gasteiger partial charge >= 0.3 is 5.69 Å². The molecule has 3 aromatic carbocycles. The molecule has 0 spiro atoms. The first-order valence-electron chi connectivity index (χ1n) is 11.4. The molecule has 4 rings (SSSR count). The number of benzene rings is 3. The number of aromatic nitrogens is 2. The van der Waals surface area contributed by atoms with E-state index in [4.69, 9.17) is 4.74 Å². The topological polar surface area (TPSA) is 129 Å². The van der Waals surface area contributed by atoms with Gasteiger partial charge in [0.2, 0.25) is 5.75 Å². The van der Waals surface area contributed by atoms with Crippen molar-refractivity contribution in [2.24, 2.45) is 5.10 Å². The highest BCUT2D eigenvalue weighted by Gasteiger charge is 2.20. The van der Waals surface area contributed by atoms with Gasteiger partial charge in [-0.1, -0.05) is 41.9 Å². The van der Waals surface area contributed by atoms with Crippen LogP contribution in [0, 0.1) is 15.9 Å². The minimum Gasteiger partial charge on any atom is -0.476 e. The van der Waals surface area contributed by atoms with E-state index in [1.807, 2.05) is 13.8 Å². The van der Waals surface area contributed by atoms with Gasteiger partial charge in [-0.2, -0.15) is 9.78 Å². The number of amides is 1. The van der Waals surface area contributed by atoms with E-state index in [1.165, 1.54) is 42.6 Å². The molecule has 0 fully saturated rings. The SMILES string of the molecule is CC(C)c1nc2ccc(Br)cc2c(=O)n1N=Cc1cccc([N+](=O)[O-])c1OCC(=O)Nc1cccc(F)c1. The highest BCUT2D eigenvalue weighted by molar-refractivity contribution is 9.10. The summed E-state index contributed by atoms with van der Waals surface area (Å²) in [5.41, 5.74) is 0.0628. The normalized spacial score (nSPS) is 11.3. The number of hydrogen-bond acceptors (Lipinski definition) is 7. The monoisotopic (exact) mass is 581 g/mol. The molecule has 0 aliphatic carbocycles. The molecule has 0 bridgehead atoms. The molecule has 1 N–H and O–H groups in total. The number of nitrogens with zero attached hydrogens (tertiary/aromatic N) is 4. The number of rotatable bonds is 8. The molecule has 1 aromatic heterocycles. The van der Waals surface area contributed by atoms with Crippen LogP contribution < -0.4 is 15.6 Å². The molecule has 1 amide bonds. The fourth-order valence-electron chi connectivity index (χ4n) is 3.62. The number of carbonyl (C=O) groups excluding carboxylic acids is 1. The number of fused-ring (bicyclic) bond motifs is 1. The van der Waals surface area contributed by atoms with E-state index in [-0.39, 0.29) is 22.9 Å². The van der Waals surface area contributed by atoms with Crippen LogP contribution in [0.25, 0.3) is 10.9 Å². The van der Waals surface area contributed by atoms with Crippen LogP contribution in [0.4, 0.5) is 15.8 Å². The van der Waals surface area contributed by atoms with E-state index in [9.17, 15) is 24.1 Å². The number of ether oxygens (including phenoxy) is 1. The summed E-state index contributed by atoms with van der Waals surface area (Å²) >= 11 is 3.35. The molecular weight excluding hydrogens is 561 g/mol. The zero-order valence-corrected chi connectivity index (χ0v) is 21.8. The molecule has 0 aliphatic rings. The zero-order chi connectivity index (χ0) is 27.4. The van der Waals surface area contributed by atoms with Crippen molar-refractivity contribution < 1.29 is 18.8 Å². The van der Waals surface area contributed by atoms with Gasteiger partial charge in [-0.25, -0.2) is 9.37 Å². The van der Waals surface area contributed by atoms with Gasteiger partial charge in [0.25, 0.3) is 11.5 Å². The van der Waals surface area contributed by atoms with Gasteiger partial charge in [0.05, 0.1) is 22.0 Å². The number of hydrogen-bond donors (Lipinski definition) is 1. The third-order valence-corrected chi connectivity index (χ3v) is 5.83. The average molecular weight is 582 g/mol. The number of nitro benzene ring substituents is 1. The molecule has 0 atom stereocenters. The van der Waals surface area contributed by atoms with Gasteiger partial charge in [-0.15, -0.1) is 0 Å². The summed E-state index contributed by atoms with van der Waals surface area (Å²) in [6, 6.07) is 14.6. The molecule has 0 aliphatic heterocycles. The highest BCUT2D eigenvalue weighted by Crippen LogP contribution is 2.30. The molecule has 1 heterocycles. The van der Waals surface area contributed by atoms with Gasteiger partial charge in [0, 0.05) is 27.7 Å². The maximum atomic E-state index is 13.4. The first-order valence-corrected chi connectivity index (χ1v) is 12.2. The third kappa shape index (κ3) is 5.92. The van der Waals surface area contributed by atoms with E-state index in [0.717, 1.165) is 10.7 Å². The summed E-state index contributed by atoms with van der Waals surface area (Å²) in [7, 11) is 0. The van der Waals surface area contributed by atoms with Crippen molar-refractivity contribution in [3.05, 3.63) is 103 Å². The van der Waals surface area contributed by atoms with Crippen molar-refractivity contribution in [1.82, 2.24) is 9.66 Å². The van der Waals surface area contributed by atoms with Crippen LogP contribution in [0.2, 0.25) is 0 Å². The number of halogens is 2. The third-order valence-electron chi connectivity index (χ3n) is 5.34. The fraction of sp³-hybridized carbons (Fsp3) is 0.154. The molecular formula is C26H21BrFN5O5. The molecule has 38 heavy (non-hydrogen) atoms. The van der Waals surface area contributed by atoms with E-state index in [1.54, 1.807) is 18.2 Å². The van der Waals surface area contributed by atoms with Gasteiger partial charge < -0.3 is 10.1 Å². The maximum absolute atomic E-state index is 13.4. The number of nitrogens with one attached hydrogen (secondary N) is 1. The quantitative estimate of drug-likeness (QED) is 0.172. The Balaban J connectivity index is 1.69. The van der Waals surface area contributed by atoms with Crippen molar-refractivity contribution >= 4 is 50.3 Å². The number of anilines is 1. The van der Waals surface area contributed by atoms with Crippen molar-refractivity contribution in [2.45, 2.75) is 19.8 Å². The van der Waals surface area contributed by atoms with Gasteiger partial charge in [-0.3, -0.25) is 19.7 Å². The Morgan fingerprint density at radius 1 is 1.24 bits per heavy atom. The second-order valence-corrected chi connectivity index (χ2v) is 9.36. The predicted octanol–water partition coefficient (Wildman–Crippen LogP) is 5.23. The molecule has 194 valence electrons. The Labute approximate surface area is 224 Å². The number of carbonyl (C=O) groups is 1. The van der Waals surface area contributed by atoms with Crippen LogP contribution >= 0.6 is 15.9 Å². The minimum atomic E-state index is -0.655. The number of nitro groups is 1. The summed E-state index contributed by atoms with van der Waals surface area (Å²) in [6.45, 7) is 3.13. The predicted molar refractivity (Wildman–Crippen MR) is 144 cm³/mol. The summed E-state index contributed by atoms with van der Waals surface area (Å²) < 4.78 is 20.8.